The van der Waals surface area contributed by atoms with Crippen molar-refractivity contribution in [1.29, 1.82) is 0 Å². The van der Waals surface area contributed by atoms with Gasteiger partial charge in [-0.25, -0.2) is 0 Å². The van der Waals surface area contributed by atoms with Crippen molar-refractivity contribution in [2.24, 2.45) is 5.73 Å². The van der Waals surface area contributed by atoms with Crippen LogP contribution in [0.2, 0.25) is 0 Å². The molecular formula is C6H14N2O. The fraction of sp³-hybridized carbons (Fsp3) is 1.00. The SMILES string of the molecule is N[C@H]1CC[C@@H](CO)NC1. The molecule has 0 saturated carbocycles. The van der Waals surface area contributed by atoms with E-state index >= 15 is 0 Å². The van der Waals surface area contributed by atoms with E-state index < -0.39 is 0 Å². The molecule has 1 heterocycles. The Bertz CT molecular complexity index is 79.1. The van der Waals surface area contributed by atoms with Gasteiger partial charge in [-0.05, 0) is 12.8 Å². The summed E-state index contributed by atoms with van der Waals surface area (Å²) in [5.41, 5.74) is 5.61. The molecule has 1 aliphatic rings. The van der Waals surface area contributed by atoms with E-state index in [1.54, 1.807) is 0 Å². The molecule has 1 aliphatic heterocycles. The van der Waals surface area contributed by atoms with Crippen LogP contribution in [0.3, 0.4) is 0 Å². The zero-order chi connectivity index (χ0) is 6.69. The molecule has 0 aromatic heterocycles. The van der Waals surface area contributed by atoms with Crippen LogP contribution in [0.25, 0.3) is 0 Å². The first kappa shape index (κ1) is 6.99. The minimum absolute atomic E-state index is 0.243. The smallest absolute Gasteiger partial charge is 0.0584 e. The van der Waals surface area contributed by atoms with Gasteiger partial charge in [-0.15, -0.1) is 0 Å². The normalized spacial score (nSPS) is 36.7. The van der Waals surface area contributed by atoms with Crippen LogP contribution in [0.15, 0.2) is 0 Å². The summed E-state index contributed by atoms with van der Waals surface area (Å²) in [7, 11) is 0. The summed E-state index contributed by atoms with van der Waals surface area (Å²) in [6.07, 6.45) is 2.05. The monoisotopic (exact) mass is 130 g/mol. The van der Waals surface area contributed by atoms with E-state index in [4.69, 9.17) is 10.8 Å². The first-order chi connectivity index (χ1) is 4.33. The van der Waals surface area contributed by atoms with E-state index in [9.17, 15) is 0 Å². The number of nitrogens with one attached hydrogen (secondary N) is 1. The number of piperidine rings is 1. The molecular weight excluding hydrogens is 116 g/mol. The Labute approximate surface area is 55.2 Å². The third kappa shape index (κ3) is 1.93. The summed E-state index contributed by atoms with van der Waals surface area (Å²) in [5.74, 6) is 0. The Hall–Kier alpha value is -0.120. The van der Waals surface area contributed by atoms with E-state index in [0.29, 0.717) is 12.1 Å². The van der Waals surface area contributed by atoms with Gasteiger partial charge in [0.2, 0.25) is 0 Å². The molecule has 3 nitrogen and oxygen atoms in total. The Balaban J connectivity index is 2.18. The van der Waals surface area contributed by atoms with Crippen molar-refractivity contribution in [2.75, 3.05) is 13.2 Å². The number of aliphatic hydroxyl groups excluding tert-OH is 1. The topological polar surface area (TPSA) is 58.3 Å². The van der Waals surface area contributed by atoms with Crippen molar-refractivity contribution in [3.8, 4) is 0 Å². The Morgan fingerprint density at radius 3 is 2.78 bits per heavy atom. The van der Waals surface area contributed by atoms with E-state index in [2.05, 4.69) is 5.32 Å². The molecule has 0 bridgehead atoms. The summed E-state index contributed by atoms with van der Waals surface area (Å²) in [6.45, 7) is 1.10. The summed E-state index contributed by atoms with van der Waals surface area (Å²) in [6, 6.07) is 0.595. The highest BCUT2D eigenvalue weighted by molar-refractivity contribution is 4.78. The van der Waals surface area contributed by atoms with Gasteiger partial charge in [-0.3, -0.25) is 0 Å². The quantitative estimate of drug-likeness (QED) is 0.429. The van der Waals surface area contributed by atoms with E-state index in [-0.39, 0.29) is 6.61 Å². The number of rotatable bonds is 1. The number of aliphatic hydroxyl groups is 1. The molecule has 0 aliphatic carbocycles. The lowest BCUT2D eigenvalue weighted by Crippen LogP contribution is -2.46. The van der Waals surface area contributed by atoms with Gasteiger partial charge in [-0.2, -0.15) is 0 Å². The van der Waals surface area contributed by atoms with Crippen LogP contribution < -0.4 is 11.1 Å². The van der Waals surface area contributed by atoms with Crippen molar-refractivity contribution in [3.63, 3.8) is 0 Å². The summed E-state index contributed by atoms with van der Waals surface area (Å²) in [5, 5.41) is 11.8. The molecule has 1 fully saturated rings. The summed E-state index contributed by atoms with van der Waals surface area (Å²) in [4.78, 5) is 0. The van der Waals surface area contributed by atoms with E-state index in [1.165, 1.54) is 0 Å². The first-order valence-electron chi connectivity index (χ1n) is 3.42. The lowest BCUT2D eigenvalue weighted by atomic mass is 10.0. The van der Waals surface area contributed by atoms with E-state index in [1.807, 2.05) is 0 Å². The minimum atomic E-state index is 0.243. The largest absolute Gasteiger partial charge is 0.395 e. The molecule has 0 aromatic carbocycles. The highest BCUT2D eigenvalue weighted by Crippen LogP contribution is 2.04. The molecule has 1 saturated heterocycles. The van der Waals surface area contributed by atoms with Crippen molar-refractivity contribution >= 4 is 0 Å². The van der Waals surface area contributed by atoms with Gasteiger partial charge in [0.15, 0.2) is 0 Å². The second-order valence-electron chi connectivity index (χ2n) is 2.63. The molecule has 0 amide bonds. The average molecular weight is 130 g/mol. The van der Waals surface area contributed by atoms with Gasteiger partial charge >= 0.3 is 0 Å². The lowest BCUT2D eigenvalue weighted by molar-refractivity contribution is 0.213. The van der Waals surface area contributed by atoms with Gasteiger partial charge in [0.1, 0.15) is 0 Å². The molecule has 9 heavy (non-hydrogen) atoms. The molecule has 4 N–H and O–H groups in total. The van der Waals surface area contributed by atoms with Crippen LogP contribution in [-0.4, -0.2) is 30.3 Å². The second kappa shape index (κ2) is 3.15. The van der Waals surface area contributed by atoms with Crippen LogP contribution in [0.1, 0.15) is 12.8 Å². The zero-order valence-electron chi connectivity index (χ0n) is 5.51. The Morgan fingerprint density at radius 2 is 2.33 bits per heavy atom. The third-order valence-corrected chi connectivity index (χ3v) is 1.78. The predicted molar refractivity (Wildman–Crippen MR) is 36.1 cm³/mol. The van der Waals surface area contributed by atoms with Crippen molar-refractivity contribution in [2.45, 2.75) is 24.9 Å². The molecule has 0 unspecified atom stereocenters. The fourth-order valence-electron chi connectivity index (χ4n) is 1.09. The molecule has 3 heteroatoms. The number of hydrogen-bond donors (Lipinski definition) is 3. The van der Waals surface area contributed by atoms with Crippen LogP contribution >= 0.6 is 0 Å². The standard InChI is InChI=1S/C6H14N2O/c7-5-1-2-6(4-9)8-3-5/h5-6,8-9H,1-4,7H2/t5-,6-/m0/s1. The van der Waals surface area contributed by atoms with Crippen LogP contribution in [-0.2, 0) is 0 Å². The van der Waals surface area contributed by atoms with Crippen LogP contribution in [0, 0.1) is 0 Å². The highest BCUT2D eigenvalue weighted by atomic mass is 16.3. The molecule has 54 valence electrons. The average Bonchev–Trinajstić information content (AvgIpc) is 1.90. The zero-order valence-corrected chi connectivity index (χ0v) is 5.51. The molecule has 2 atom stereocenters. The molecule has 0 spiro atoms. The number of hydrogen-bond acceptors (Lipinski definition) is 3. The van der Waals surface area contributed by atoms with Crippen molar-refractivity contribution < 1.29 is 5.11 Å². The molecule has 0 radical (unpaired) electrons. The molecule has 1 rings (SSSR count). The molecule has 0 aromatic rings. The third-order valence-electron chi connectivity index (χ3n) is 1.78. The van der Waals surface area contributed by atoms with Gasteiger partial charge in [-0.1, -0.05) is 0 Å². The Kier molecular flexibility index (Phi) is 2.45. The minimum Gasteiger partial charge on any atom is -0.395 e. The van der Waals surface area contributed by atoms with Crippen molar-refractivity contribution in [1.82, 2.24) is 5.32 Å². The van der Waals surface area contributed by atoms with Gasteiger partial charge < -0.3 is 16.2 Å². The Morgan fingerprint density at radius 1 is 1.56 bits per heavy atom. The van der Waals surface area contributed by atoms with Crippen LogP contribution in [0.5, 0.6) is 0 Å². The summed E-state index contributed by atoms with van der Waals surface area (Å²) >= 11 is 0. The van der Waals surface area contributed by atoms with Gasteiger partial charge in [0.25, 0.3) is 0 Å². The van der Waals surface area contributed by atoms with Crippen molar-refractivity contribution in [3.05, 3.63) is 0 Å². The second-order valence-corrected chi connectivity index (χ2v) is 2.63. The maximum absolute atomic E-state index is 8.67. The first-order valence-corrected chi connectivity index (χ1v) is 3.42. The van der Waals surface area contributed by atoms with Gasteiger partial charge in [0, 0.05) is 18.6 Å². The lowest BCUT2D eigenvalue weighted by Gasteiger charge is -2.25. The summed E-state index contributed by atoms with van der Waals surface area (Å²) < 4.78 is 0. The van der Waals surface area contributed by atoms with Crippen LogP contribution in [0.4, 0.5) is 0 Å². The predicted octanol–water partition coefficient (Wildman–Crippen LogP) is -0.942. The number of nitrogens with two attached hydrogens (primary N) is 1. The fourth-order valence-corrected chi connectivity index (χ4v) is 1.09. The highest BCUT2D eigenvalue weighted by Gasteiger charge is 2.15. The maximum atomic E-state index is 8.67. The van der Waals surface area contributed by atoms with E-state index in [0.717, 1.165) is 19.4 Å². The van der Waals surface area contributed by atoms with Gasteiger partial charge in [0.05, 0.1) is 6.61 Å². The maximum Gasteiger partial charge on any atom is 0.0584 e.